The van der Waals surface area contributed by atoms with Crippen LogP contribution in [0.4, 0.5) is 0 Å². The molecule has 2 N–H and O–H groups in total. The predicted molar refractivity (Wildman–Crippen MR) is 77.2 cm³/mol. The molecule has 2 aliphatic carbocycles. The van der Waals surface area contributed by atoms with E-state index in [1.165, 1.54) is 12.8 Å². The number of carboxylic acids is 2. The van der Waals surface area contributed by atoms with E-state index in [1.807, 2.05) is 0 Å². The third-order valence-electron chi connectivity index (χ3n) is 2.33. The van der Waals surface area contributed by atoms with E-state index >= 15 is 0 Å². The number of carbonyl (C=O) groups is 2. The Hall–Kier alpha value is -2.15. The smallest absolute Gasteiger partial charge is 0.131 e. The van der Waals surface area contributed by atoms with Gasteiger partial charge in [-0.25, -0.2) is 0 Å². The van der Waals surface area contributed by atoms with Crippen molar-refractivity contribution in [2.45, 2.75) is 12.8 Å². The van der Waals surface area contributed by atoms with Gasteiger partial charge < -0.3 is 30.0 Å². The molecule has 0 aromatic carbocycles. The minimum Gasteiger partial charge on any atom is -0.542 e. The van der Waals surface area contributed by atoms with E-state index in [0.29, 0.717) is 0 Å². The van der Waals surface area contributed by atoms with Crippen LogP contribution in [0.5, 0.6) is 0 Å². The number of aliphatic carboxylic acids is 2. The van der Waals surface area contributed by atoms with Crippen LogP contribution >= 0.6 is 0 Å². The van der Waals surface area contributed by atoms with Crippen molar-refractivity contribution in [1.82, 2.24) is 0 Å². The first-order valence-corrected chi connectivity index (χ1v) is 10.00. The number of aliphatic hydroxyl groups excluding tert-OH is 2. The summed E-state index contributed by atoms with van der Waals surface area (Å²) in [4.78, 5) is 18.5. The van der Waals surface area contributed by atoms with Crippen molar-refractivity contribution in [3.05, 3.63) is 67.8 Å². The number of carboxylic acid groups (broad SMARTS) is 2. The Morgan fingerprint density at radius 2 is 1.22 bits per heavy atom. The van der Waals surface area contributed by atoms with Gasteiger partial charge in [0.15, 0.2) is 0 Å². The summed E-state index contributed by atoms with van der Waals surface area (Å²) in [6, 6.07) is 0. The number of rotatable bonds is 4. The van der Waals surface area contributed by atoms with Crippen molar-refractivity contribution in [2.24, 2.45) is 0 Å². The molecule has 0 aromatic rings. The summed E-state index contributed by atoms with van der Waals surface area (Å²) < 4.78 is 3.50. The number of hydrogen-bond donors (Lipinski definition) is 2. The molecule has 120 valence electrons. The first-order valence-electron chi connectivity index (χ1n) is 6.41. The fourth-order valence-electron chi connectivity index (χ4n) is 1.29. The van der Waals surface area contributed by atoms with E-state index in [0.717, 1.165) is 0 Å². The summed E-state index contributed by atoms with van der Waals surface area (Å²) >= 11 is -0.526. The second-order valence-corrected chi connectivity index (χ2v) is 9.75. The fraction of sp³-hybridized carbons (Fsp3) is 0.125. The average molecular weight is 483 g/mol. The number of aliphatic hydroxyl groups is 2. The molecule has 0 aliphatic heterocycles. The molecular weight excluding hydrogens is 467 g/mol. The van der Waals surface area contributed by atoms with E-state index in [2.05, 4.69) is 49.6 Å². The largest absolute Gasteiger partial charge is 0.542 e. The minimum atomic E-state index is -1.63. The van der Waals surface area contributed by atoms with Crippen LogP contribution in [0, 0.1) is 0 Å². The number of hydrogen-bond acceptors (Lipinski definition) is 6. The van der Waals surface area contributed by atoms with E-state index in [9.17, 15) is 19.8 Å². The third kappa shape index (κ3) is 11.1. The average Bonchev–Trinajstić information content (AvgIpc) is 3.14. The third-order valence-corrected chi connectivity index (χ3v) is 7.31. The molecule has 0 atom stereocenters. The van der Waals surface area contributed by atoms with Crippen LogP contribution in [0.25, 0.3) is 0 Å². The van der Waals surface area contributed by atoms with Crippen molar-refractivity contribution < 1.29 is 52.9 Å². The molecule has 0 unspecified atom stereocenters. The molecule has 0 heterocycles. The molecule has 0 saturated heterocycles. The molecule has 0 radical (unpaired) electrons. The minimum absolute atomic E-state index is 0.526. The SMILES string of the molecule is C1=CC[C]([Hf+2][C]2=CC=CC2)=C1.C=C(O)C(=O)[O-].C=C(O)C(=O)[O-]. The van der Waals surface area contributed by atoms with Gasteiger partial charge in [0.05, 0.1) is 0 Å². The molecule has 6 nitrogen and oxygen atoms in total. The Morgan fingerprint density at radius 1 is 0.913 bits per heavy atom. The van der Waals surface area contributed by atoms with Crippen LogP contribution in [0.3, 0.4) is 0 Å². The zero-order valence-electron chi connectivity index (χ0n) is 12.3. The van der Waals surface area contributed by atoms with Crippen molar-refractivity contribution >= 4 is 11.9 Å². The predicted octanol–water partition coefficient (Wildman–Crippen LogP) is 0.372. The van der Waals surface area contributed by atoms with Gasteiger partial charge in [0, 0.05) is 0 Å². The first-order chi connectivity index (χ1) is 10.7. The Balaban J connectivity index is 0.000000349. The molecule has 0 spiro atoms. The Bertz CT molecular complexity index is 520. The molecule has 0 aromatic heterocycles. The summed E-state index contributed by atoms with van der Waals surface area (Å²) in [5.41, 5.74) is 0. The first kappa shape index (κ1) is 20.9. The standard InChI is InChI=1S/2C5H5.2C3H4O3.Hf/c2*1-2-4-5-3-1;2*1-2(4)3(5)6;/h2*1-3H,4H2;2*4H,1H2,(H,5,6);/q;;;;+2/p-2. The Morgan fingerprint density at radius 3 is 1.39 bits per heavy atom. The quantitative estimate of drug-likeness (QED) is 0.339. The van der Waals surface area contributed by atoms with E-state index in [1.54, 1.807) is 6.66 Å². The number of allylic oxidation sites excluding steroid dienone is 8. The van der Waals surface area contributed by atoms with Gasteiger partial charge in [0.25, 0.3) is 0 Å². The molecule has 0 fully saturated rings. The van der Waals surface area contributed by atoms with Gasteiger partial charge in [-0.3, -0.25) is 0 Å². The monoisotopic (exact) mass is 484 g/mol. The van der Waals surface area contributed by atoms with Crippen LogP contribution in [-0.2, 0) is 32.5 Å². The normalized spacial score (nSPS) is 13.4. The summed E-state index contributed by atoms with van der Waals surface area (Å²) in [5.74, 6) is -5.13. The molecule has 23 heavy (non-hydrogen) atoms. The van der Waals surface area contributed by atoms with Gasteiger partial charge in [-0.05, 0) is 0 Å². The Kier molecular flexibility index (Phi) is 10.4. The second kappa shape index (κ2) is 11.4. The Labute approximate surface area is 145 Å². The van der Waals surface area contributed by atoms with Gasteiger partial charge in [-0.15, -0.1) is 0 Å². The topological polar surface area (TPSA) is 121 Å². The van der Waals surface area contributed by atoms with Gasteiger partial charge in [0.2, 0.25) is 0 Å². The maximum absolute atomic E-state index is 9.24. The van der Waals surface area contributed by atoms with Gasteiger partial charge >= 0.3 is 78.9 Å². The van der Waals surface area contributed by atoms with Crippen molar-refractivity contribution in [1.29, 1.82) is 0 Å². The molecule has 2 rings (SSSR count). The second-order valence-electron chi connectivity index (χ2n) is 4.24. The van der Waals surface area contributed by atoms with Gasteiger partial charge in [-0.2, -0.15) is 0 Å². The molecule has 0 saturated carbocycles. The van der Waals surface area contributed by atoms with E-state index in [-0.39, 0.29) is 0 Å². The summed E-state index contributed by atoms with van der Waals surface area (Å²) in [6.45, 7) is 5.30. The van der Waals surface area contributed by atoms with Crippen LogP contribution < -0.4 is 10.2 Å². The summed E-state index contributed by atoms with van der Waals surface area (Å²) in [6.07, 6.45) is 16.1. The van der Waals surface area contributed by atoms with Gasteiger partial charge in [0.1, 0.15) is 23.5 Å². The molecule has 0 amide bonds. The zero-order chi connectivity index (χ0) is 17.8. The van der Waals surface area contributed by atoms with E-state index < -0.39 is 46.4 Å². The van der Waals surface area contributed by atoms with Crippen LogP contribution in [-0.4, -0.2) is 22.2 Å². The van der Waals surface area contributed by atoms with Crippen molar-refractivity contribution in [3.8, 4) is 0 Å². The van der Waals surface area contributed by atoms with E-state index in [4.69, 9.17) is 10.2 Å². The summed E-state index contributed by atoms with van der Waals surface area (Å²) in [7, 11) is 0. The van der Waals surface area contributed by atoms with Crippen molar-refractivity contribution in [3.63, 3.8) is 0 Å². The fourth-order valence-corrected chi connectivity index (χ4v) is 5.64. The summed E-state index contributed by atoms with van der Waals surface area (Å²) in [5, 5.41) is 34.0. The molecule has 7 heteroatoms. The zero-order valence-corrected chi connectivity index (χ0v) is 15.9. The van der Waals surface area contributed by atoms with Crippen LogP contribution in [0.2, 0.25) is 0 Å². The van der Waals surface area contributed by atoms with Crippen LogP contribution in [0.15, 0.2) is 67.8 Å². The molecular formula is C16H16HfO6. The maximum atomic E-state index is 9.24. The molecule has 2 aliphatic rings. The van der Waals surface area contributed by atoms with Gasteiger partial charge in [-0.1, -0.05) is 13.2 Å². The number of carbonyl (C=O) groups excluding carboxylic acids is 2. The maximum Gasteiger partial charge on any atom is 0.131 e. The van der Waals surface area contributed by atoms with Crippen molar-refractivity contribution in [2.75, 3.05) is 0 Å². The van der Waals surface area contributed by atoms with Crippen LogP contribution in [0.1, 0.15) is 12.8 Å². The molecule has 0 bridgehead atoms.